The molecule has 0 saturated carbocycles. The van der Waals surface area contributed by atoms with Gasteiger partial charge in [-0.15, -0.1) is 0 Å². The molecule has 33 heavy (non-hydrogen) atoms. The Bertz CT molecular complexity index is 870. The van der Waals surface area contributed by atoms with E-state index in [1.165, 1.54) is 0 Å². The van der Waals surface area contributed by atoms with E-state index in [9.17, 15) is 31.1 Å². The maximum atomic E-state index is 13.0. The molecular weight excluding hydrogens is 456 g/mol. The van der Waals surface area contributed by atoms with Crippen LogP contribution in [0.15, 0.2) is 48.5 Å². The second-order valence-electron chi connectivity index (χ2n) is 7.18. The Morgan fingerprint density at radius 3 is 2.09 bits per heavy atom. The largest absolute Gasteiger partial charge is 0.481 e. The van der Waals surface area contributed by atoms with E-state index < -0.39 is 35.6 Å². The first kappa shape index (κ1) is 26.5. The van der Waals surface area contributed by atoms with Crippen molar-refractivity contribution in [3.63, 3.8) is 0 Å². The highest BCUT2D eigenvalue weighted by Crippen LogP contribution is 2.39. The van der Waals surface area contributed by atoms with E-state index in [0.29, 0.717) is 18.6 Å². The number of rotatable bonds is 6. The van der Waals surface area contributed by atoms with Gasteiger partial charge < -0.3 is 9.84 Å². The third kappa shape index (κ3) is 8.58. The van der Waals surface area contributed by atoms with Crippen LogP contribution < -0.4 is 5.06 Å². The number of carbonyl (C=O) groups is 1. The summed E-state index contributed by atoms with van der Waals surface area (Å²) < 4.78 is 83.4. The van der Waals surface area contributed by atoms with E-state index in [4.69, 9.17) is 14.7 Å². The molecule has 0 radical (unpaired) electrons. The molecule has 1 aliphatic rings. The van der Waals surface area contributed by atoms with Gasteiger partial charge in [0, 0.05) is 6.42 Å². The number of alkyl halides is 6. The average Bonchev–Trinajstić information content (AvgIpc) is 3.21. The quantitative estimate of drug-likeness (QED) is 0.521. The Morgan fingerprint density at radius 2 is 1.64 bits per heavy atom. The number of hydrogen-bond donors (Lipinski definition) is 1. The highest BCUT2D eigenvalue weighted by molar-refractivity contribution is 5.66. The lowest BCUT2D eigenvalue weighted by Crippen LogP contribution is -2.23. The second-order valence-corrected chi connectivity index (χ2v) is 7.18. The van der Waals surface area contributed by atoms with E-state index in [-0.39, 0.29) is 31.5 Å². The number of hydrogen-bond acceptors (Lipinski definition) is 4. The monoisotopic (exact) mass is 479 g/mol. The Hall–Kier alpha value is -2.79. The van der Waals surface area contributed by atoms with Gasteiger partial charge in [-0.1, -0.05) is 37.3 Å². The Labute approximate surface area is 186 Å². The summed E-state index contributed by atoms with van der Waals surface area (Å²) in [6, 6.07) is 10.5. The fraction of sp³-hybridized carbons (Fsp3) is 0.409. The number of nitrogens with zero attached hydrogens (tertiary/aromatic N) is 1. The van der Waals surface area contributed by atoms with Crippen molar-refractivity contribution in [2.24, 2.45) is 0 Å². The van der Waals surface area contributed by atoms with Crippen LogP contribution in [0, 0.1) is 0 Å². The summed E-state index contributed by atoms with van der Waals surface area (Å²) in [5, 5.41) is 8.91. The maximum absolute atomic E-state index is 13.0. The van der Waals surface area contributed by atoms with Crippen molar-refractivity contribution in [2.75, 3.05) is 18.2 Å². The molecule has 3 rings (SSSR count). The fourth-order valence-electron chi connectivity index (χ4n) is 2.83. The number of benzene rings is 2. The van der Waals surface area contributed by atoms with Crippen molar-refractivity contribution >= 4 is 11.7 Å². The molecule has 0 bridgehead atoms. The first-order chi connectivity index (χ1) is 15.4. The van der Waals surface area contributed by atoms with Crippen molar-refractivity contribution in [3.05, 3.63) is 65.2 Å². The van der Waals surface area contributed by atoms with Gasteiger partial charge in [0.15, 0.2) is 0 Å². The number of anilines is 1. The van der Waals surface area contributed by atoms with Gasteiger partial charge in [0.25, 0.3) is 0 Å². The molecule has 1 unspecified atom stereocenters. The lowest BCUT2D eigenvalue weighted by molar-refractivity contribution is -0.143. The summed E-state index contributed by atoms with van der Waals surface area (Å²) in [4.78, 5) is 14.8. The molecule has 0 aliphatic carbocycles. The van der Waals surface area contributed by atoms with Crippen molar-refractivity contribution in [3.8, 4) is 0 Å². The lowest BCUT2D eigenvalue weighted by atomic mass is 10.1. The van der Waals surface area contributed by atoms with Crippen LogP contribution in [0.25, 0.3) is 0 Å². The van der Waals surface area contributed by atoms with Crippen LogP contribution in [-0.4, -0.2) is 30.3 Å². The molecule has 1 fully saturated rings. The van der Waals surface area contributed by atoms with Gasteiger partial charge in [0.2, 0.25) is 0 Å². The zero-order valence-electron chi connectivity index (χ0n) is 17.6. The molecule has 0 amide bonds. The second kappa shape index (κ2) is 11.4. The van der Waals surface area contributed by atoms with E-state index >= 15 is 0 Å². The predicted octanol–water partition coefficient (Wildman–Crippen LogP) is 5.93. The van der Waals surface area contributed by atoms with E-state index in [1.807, 2.05) is 37.3 Å². The zero-order chi connectivity index (χ0) is 24.6. The zero-order valence-corrected chi connectivity index (χ0v) is 17.6. The SMILES string of the molecule is CCCC(=O)O.FC(F)(F)c1cc(N2CC(OCc3ccccc3)CO2)cc(C(F)(F)F)c1. The molecule has 1 heterocycles. The molecular formula is C22H23F6NO4. The molecule has 0 spiro atoms. The molecule has 5 nitrogen and oxygen atoms in total. The van der Waals surface area contributed by atoms with Gasteiger partial charge in [-0.05, 0) is 30.2 Å². The lowest BCUT2D eigenvalue weighted by Gasteiger charge is -2.20. The van der Waals surface area contributed by atoms with E-state index in [1.54, 1.807) is 0 Å². The van der Waals surface area contributed by atoms with Gasteiger partial charge in [0.1, 0.15) is 12.7 Å². The molecule has 0 aromatic heterocycles. The number of aliphatic carboxylic acids is 1. The Balaban J connectivity index is 0.000000569. The molecule has 1 saturated heterocycles. The summed E-state index contributed by atoms with van der Waals surface area (Å²) in [6.07, 6.45) is -9.26. The maximum Gasteiger partial charge on any atom is 0.416 e. The van der Waals surface area contributed by atoms with E-state index in [2.05, 4.69) is 0 Å². The van der Waals surface area contributed by atoms with Gasteiger partial charge in [-0.3, -0.25) is 14.7 Å². The summed E-state index contributed by atoms with van der Waals surface area (Å²) in [7, 11) is 0. The Kier molecular flexibility index (Phi) is 9.12. The summed E-state index contributed by atoms with van der Waals surface area (Å²) in [5.74, 6) is -0.711. The number of carboxylic acids is 1. The fourth-order valence-corrected chi connectivity index (χ4v) is 2.83. The summed E-state index contributed by atoms with van der Waals surface area (Å²) in [6.45, 7) is 2.16. The summed E-state index contributed by atoms with van der Waals surface area (Å²) in [5.41, 5.74) is -2.19. The highest BCUT2D eigenvalue weighted by atomic mass is 19.4. The first-order valence-corrected chi connectivity index (χ1v) is 9.97. The molecule has 11 heteroatoms. The minimum Gasteiger partial charge on any atom is -0.481 e. The standard InChI is InChI=1S/C18H15F6NO2.C4H8O2/c19-17(20,21)13-6-14(18(22,23)24)8-15(7-13)25-9-16(11-27-25)26-10-12-4-2-1-3-5-12;1-2-3-4(5)6/h1-8,16H,9-11H2;2-3H2,1H3,(H,5,6). The van der Waals surface area contributed by atoms with Crippen LogP contribution >= 0.6 is 0 Å². The average molecular weight is 479 g/mol. The van der Waals surface area contributed by atoms with Crippen LogP contribution in [0.2, 0.25) is 0 Å². The van der Waals surface area contributed by atoms with Crippen LogP contribution in [0.5, 0.6) is 0 Å². The molecule has 182 valence electrons. The topological polar surface area (TPSA) is 59.0 Å². The molecule has 1 atom stereocenters. The third-order valence-corrected chi connectivity index (χ3v) is 4.44. The van der Waals surface area contributed by atoms with Crippen molar-refractivity contribution in [2.45, 2.75) is 44.8 Å². The number of ether oxygens (including phenoxy) is 1. The Morgan fingerprint density at radius 1 is 1.06 bits per heavy atom. The van der Waals surface area contributed by atoms with Crippen LogP contribution in [0.1, 0.15) is 36.5 Å². The smallest absolute Gasteiger partial charge is 0.416 e. The van der Waals surface area contributed by atoms with Crippen molar-refractivity contribution in [1.29, 1.82) is 0 Å². The summed E-state index contributed by atoms with van der Waals surface area (Å²) >= 11 is 0. The normalized spacial score (nSPS) is 16.3. The van der Waals surface area contributed by atoms with Crippen molar-refractivity contribution < 1.29 is 45.8 Å². The van der Waals surface area contributed by atoms with Crippen LogP contribution in [-0.2, 0) is 33.3 Å². The van der Waals surface area contributed by atoms with Crippen molar-refractivity contribution in [1.82, 2.24) is 0 Å². The van der Waals surface area contributed by atoms with Gasteiger partial charge in [-0.2, -0.15) is 26.3 Å². The number of hydroxylamine groups is 1. The highest BCUT2D eigenvalue weighted by Gasteiger charge is 2.38. The molecule has 1 aliphatic heterocycles. The first-order valence-electron chi connectivity index (χ1n) is 9.97. The molecule has 2 aromatic carbocycles. The minimum atomic E-state index is -4.90. The number of carboxylic acid groups (broad SMARTS) is 1. The van der Waals surface area contributed by atoms with Crippen LogP contribution in [0.3, 0.4) is 0 Å². The van der Waals surface area contributed by atoms with Crippen LogP contribution in [0.4, 0.5) is 32.0 Å². The molecule has 1 N–H and O–H groups in total. The van der Waals surface area contributed by atoms with Gasteiger partial charge in [-0.25, -0.2) is 0 Å². The number of halogens is 6. The third-order valence-electron chi connectivity index (χ3n) is 4.44. The van der Waals surface area contributed by atoms with E-state index in [0.717, 1.165) is 17.0 Å². The predicted molar refractivity (Wildman–Crippen MR) is 107 cm³/mol. The molecule has 2 aromatic rings. The minimum absolute atomic E-state index is 0.0193. The van der Waals surface area contributed by atoms with Gasteiger partial charge >= 0.3 is 18.3 Å². The van der Waals surface area contributed by atoms with Gasteiger partial charge in [0.05, 0.1) is 30.0 Å².